The van der Waals surface area contributed by atoms with Gasteiger partial charge in [0.25, 0.3) is 5.69 Å². The molecule has 0 bridgehead atoms. The van der Waals surface area contributed by atoms with Crippen molar-refractivity contribution in [2.24, 2.45) is 0 Å². The molecular formula is C9H8N2O4. The van der Waals surface area contributed by atoms with Gasteiger partial charge < -0.3 is 5.11 Å². The molecule has 1 rings (SSSR count). The van der Waals surface area contributed by atoms with Gasteiger partial charge in [-0.3, -0.25) is 15.1 Å². The monoisotopic (exact) mass is 208 g/mol. The molecule has 1 aromatic heterocycles. The normalized spacial score (nSPS) is 10.4. The first kappa shape index (κ1) is 10.8. The predicted molar refractivity (Wildman–Crippen MR) is 51.4 cm³/mol. The van der Waals surface area contributed by atoms with Gasteiger partial charge in [0.05, 0.1) is 4.92 Å². The average Bonchev–Trinajstić information content (AvgIpc) is 2.18. The van der Waals surface area contributed by atoms with Crippen molar-refractivity contribution in [1.29, 1.82) is 0 Å². The molecular weight excluding hydrogens is 200 g/mol. The molecule has 0 saturated heterocycles. The Balaban J connectivity index is 2.65. The maximum atomic E-state index is 10.3. The minimum absolute atomic E-state index is 0.0824. The van der Waals surface area contributed by atoms with Crippen molar-refractivity contribution in [2.75, 3.05) is 0 Å². The number of carboxylic acid groups (broad SMARTS) is 1. The van der Waals surface area contributed by atoms with E-state index >= 15 is 0 Å². The Kier molecular flexibility index (Phi) is 3.50. The number of aromatic nitrogens is 1. The first-order chi connectivity index (χ1) is 7.09. The summed E-state index contributed by atoms with van der Waals surface area (Å²) in [5, 5.41) is 18.6. The smallest absolute Gasteiger partial charge is 0.327 e. The Morgan fingerprint density at radius 3 is 2.80 bits per heavy atom. The van der Waals surface area contributed by atoms with E-state index in [0.717, 1.165) is 12.3 Å². The molecule has 78 valence electrons. The predicted octanol–water partition coefficient (Wildman–Crippen LogP) is 1.17. The van der Waals surface area contributed by atoms with E-state index in [1.54, 1.807) is 0 Å². The number of hydrogen-bond acceptors (Lipinski definition) is 4. The van der Waals surface area contributed by atoms with Gasteiger partial charge in [0.1, 0.15) is 6.20 Å². The van der Waals surface area contributed by atoms with Crippen molar-refractivity contribution in [3.05, 3.63) is 46.3 Å². The molecule has 0 unspecified atom stereocenters. The quantitative estimate of drug-likeness (QED) is 0.455. The minimum Gasteiger partial charge on any atom is -0.478 e. The van der Waals surface area contributed by atoms with E-state index in [4.69, 9.17) is 5.11 Å². The third kappa shape index (κ3) is 3.55. The van der Waals surface area contributed by atoms with E-state index in [-0.39, 0.29) is 5.69 Å². The second-order valence-electron chi connectivity index (χ2n) is 2.71. The SMILES string of the molecule is O=C(O)/C=C/Cc1ccc([N+](=O)[O-])cn1. The molecule has 1 N–H and O–H groups in total. The summed E-state index contributed by atoms with van der Waals surface area (Å²) in [6.07, 6.45) is 3.91. The summed E-state index contributed by atoms with van der Waals surface area (Å²) in [7, 11) is 0. The molecule has 0 saturated carbocycles. The molecule has 0 fully saturated rings. The summed E-state index contributed by atoms with van der Waals surface area (Å²) in [5.74, 6) is -1.03. The number of nitro groups is 1. The van der Waals surface area contributed by atoms with Crippen LogP contribution in [0.1, 0.15) is 5.69 Å². The Labute approximate surface area is 85.0 Å². The highest BCUT2D eigenvalue weighted by atomic mass is 16.6. The minimum atomic E-state index is -1.03. The van der Waals surface area contributed by atoms with Crippen molar-refractivity contribution < 1.29 is 14.8 Å². The standard InChI is InChI=1S/C9H8N2O4/c12-9(13)3-1-2-7-4-5-8(6-10-7)11(14)15/h1,3-6H,2H2,(H,12,13)/b3-1+. The summed E-state index contributed by atoms with van der Waals surface area (Å²) < 4.78 is 0. The Bertz CT molecular complexity index is 397. The fourth-order valence-electron chi connectivity index (χ4n) is 0.926. The highest BCUT2D eigenvalue weighted by Crippen LogP contribution is 2.09. The number of rotatable bonds is 4. The second kappa shape index (κ2) is 4.85. The molecule has 0 atom stereocenters. The lowest BCUT2D eigenvalue weighted by atomic mass is 10.2. The van der Waals surface area contributed by atoms with Gasteiger partial charge >= 0.3 is 5.97 Å². The van der Waals surface area contributed by atoms with Crippen LogP contribution in [0.25, 0.3) is 0 Å². The van der Waals surface area contributed by atoms with Crippen LogP contribution in [0, 0.1) is 10.1 Å². The highest BCUT2D eigenvalue weighted by molar-refractivity contribution is 5.79. The summed E-state index contributed by atoms with van der Waals surface area (Å²) in [5.41, 5.74) is 0.499. The largest absolute Gasteiger partial charge is 0.478 e. The molecule has 0 aliphatic carbocycles. The van der Waals surface area contributed by atoms with Gasteiger partial charge in [0.15, 0.2) is 0 Å². The van der Waals surface area contributed by atoms with E-state index < -0.39 is 10.9 Å². The van der Waals surface area contributed by atoms with Crippen molar-refractivity contribution in [2.45, 2.75) is 6.42 Å². The number of allylic oxidation sites excluding steroid dienone is 1. The molecule has 0 radical (unpaired) electrons. The molecule has 1 aromatic rings. The summed E-state index contributed by atoms with van der Waals surface area (Å²) >= 11 is 0. The maximum Gasteiger partial charge on any atom is 0.327 e. The number of aliphatic carboxylic acids is 1. The number of pyridine rings is 1. The molecule has 1 heterocycles. The molecule has 15 heavy (non-hydrogen) atoms. The molecule has 6 nitrogen and oxygen atoms in total. The van der Waals surface area contributed by atoms with E-state index in [1.807, 2.05) is 0 Å². The topological polar surface area (TPSA) is 93.3 Å². The lowest BCUT2D eigenvalue weighted by molar-refractivity contribution is -0.385. The Morgan fingerprint density at radius 1 is 1.60 bits per heavy atom. The van der Waals surface area contributed by atoms with Gasteiger partial charge in [-0.15, -0.1) is 0 Å². The lowest BCUT2D eigenvalue weighted by Gasteiger charge is -1.94. The van der Waals surface area contributed by atoms with E-state index in [2.05, 4.69) is 4.98 Å². The Morgan fingerprint density at radius 2 is 2.33 bits per heavy atom. The van der Waals surface area contributed by atoms with Gasteiger partial charge in [-0.2, -0.15) is 0 Å². The molecule has 0 aromatic carbocycles. The summed E-state index contributed by atoms with van der Waals surface area (Å²) in [6, 6.07) is 2.82. The number of hydrogen-bond donors (Lipinski definition) is 1. The van der Waals surface area contributed by atoms with Crippen LogP contribution < -0.4 is 0 Å². The zero-order chi connectivity index (χ0) is 11.3. The van der Waals surface area contributed by atoms with Crippen molar-refractivity contribution >= 4 is 11.7 Å². The van der Waals surface area contributed by atoms with Crippen molar-refractivity contribution in [1.82, 2.24) is 4.98 Å². The van der Waals surface area contributed by atoms with Crippen molar-refractivity contribution in [3.8, 4) is 0 Å². The van der Waals surface area contributed by atoms with Crippen LogP contribution in [0.2, 0.25) is 0 Å². The zero-order valence-corrected chi connectivity index (χ0v) is 7.66. The lowest BCUT2D eigenvalue weighted by Crippen LogP contribution is -1.93. The average molecular weight is 208 g/mol. The highest BCUT2D eigenvalue weighted by Gasteiger charge is 2.03. The van der Waals surface area contributed by atoms with Crippen LogP contribution in [0.3, 0.4) is 0 Å². The van der Waals surface area contributed by atoms with E-state index in [9.17, 15) is 14.9 Å². The summed E-state index contributed by atoms with van der Waals surface area (Å²) in [4.78, 5) is 23.7. The third-order valence-electron chi connectivity index (χ3n) is 1.61. The summed E-state index contributed by atoms with van der Waals surface area (Å²) in [6.45, 7) is 0. The first-order valence-electron chi connectivity index (χ1n) is 4.08. The van der Waals surface area contributed by atoms with E-state index in [0.29, 0.717) is 12.1 Å². The van der Waals surface area contributed by atoms with Crippen LogP contribution in [0.4, 0.5) is 5.69 Å². The molecule has 0 aliphatic heterocycles. The van der Waals surface area contributed by atoms with Gasteiger partial charge in [0, 0.05) is 24.3 Å². The molecule has 0 aliphatic rings. The van der Waals surface area contributed by atoms with E-state index in [1.165, 1.54) is 18.2 Å². The van der Waals surface area contributed by atoms with Gasteiger partial charge in [0.2, 0.25) is 0 Å². The number of nitrogens with zero attached hydrogens (tertiary/aromatic N) is 2. The fraction of sp³-hybridized carbons (Fsp3) is 0.111. The molecule has 0 spiro atoms. The van der Waals surface area contributed by atoms with Crippen LogP contribution in [-0.4, -0.2) is 21.0 Å². The Hall–Kier alpha value is -2.24. The fourth-order valence-corrected chi connectivity index (χ4v) is 0.926. The molecule has 0 amide bonds. The number of carboxylic acids is 1. The number of carbonyl (C=O) groups is 1. The van der Waals surface area contributed by atoms with Gasteiger partial charge in [-0.1, -0.05) is 6.08 Å². The van der Waals surface area contributed by atoms with Crippen LogP contribution in [0.5, 0.6) is 0 Å². The third-order valence-corrected chi connectivity index (χ3v) is 1.61. The molecule has 6 heteroatoms. The van der Waals surface area contributed by atoms with Crippen LogP contribution in [0.15, 0.2) is 30.5 Å². The second-order valence-corrected chi connectivity index (χ2v) is 2.71. The maximum absolute atomic E-state index is 10.3. The van der Waals surface area contributed by atoms with Gasteiger partial charge in [-0.05, 0) is 6.07 Å². The zero-order valence-electron chi connectivity index (χ0n) is 7.66. The van der Waals surface area contributed by atoms with Gasteiger partial charge in [-0.25, -0.2) is 4.79 Å². The van der Waals surface area contributed by atoms with Crippen LogP contribution >= 0.6 is 0 Å². The first-order valence-corrected chi connectivity index (χ1v) is 4.08. The van der Waals surface area contributed by atoms with Crippen LogP contribution in [-0.2, 0) is 11.2 Å². The van der Waals surface area contributed by atoms with Crippen molar-refractivity contribution in [3.63, 3.8) is 0 Å².